The average molecular weight is 1290 g/mol. The summed E-state index contributed by atoms with van der Waals surface area (Å²) < 4.78 is 0. The van der Waals surface area contributed by atoms with E-state index in [0.29, 0.717) is 0 Å². The fraction of sp³-hybridized carbons (Fsp3) is 0.0833. The fourth-order valence-electron chi connectivity index (χ4n) is 14.3. The molecule has 16 rings (SSSR count). The molecule has 0 aliphatic heterocycles. The van der Waals surface area contributed by atoms with Crippen LogP contribution < -0.4 is 19.6 Å². The monoisotopic (exact) mass is 1290 g/mol. The van der Waals surface area contributed by atoms with Gasteiger partial charge in [0, 0.05) is 77.8 Å². The number of rotatable bonds is 16. The lowest BCUT2D eigenvalue weighted by Gasteiger charge is -2.34. The molecule has 0 heterocycles. The highest BCUT2D eigenvalue weighted by molar-refractivity contribution is 6.33. The summed E-state index contributed by atoms with van der Waals surface area (Å²) in [7, 11) is 0. The third-order valence-electron chi connectivity index (χ3n) is 20.0. The van der Waals surface area contributed by atoms with Crippen LogP contribution in [0, 0.1) is 55.4 Å². The zero-order chi connectivity index (χ0) is 68.1. The minimum atomic E-state index is 1.05. The predicted octanol–water partition coefficient (Wildman–Crippen LogP) is 27.6. The summed E-state index contributed by atoms with van der Waals surface area (Å²) in [6.45, 7) is 17.3. The first-order chi connectivity index (χ1) is 48.8. The molecule has 0 aromatic heterocycles. The predicted molar refractivity (Wildman–Crippen MR) is 429 cm³/mol. The van der Waals surface area contributed by atoms with E-state index in [9.17, 15) is 0 Å². The van der Waals surface area contributed by atoms with E-state index in [1.807, 2.05) is 0 Å². The fourth-order valence-corrected chi connectivity index (χ4v) is 14.3. The molecule has 16 aromatic rings. The van der Waals surface area contributed by atoms with Crippen molar-refractivity contribution in [1.82, 2.24) is 0 Å². The van der Waals surface area contributed by atoms with E-state index in [1.54, 1.807) is 0 Å². The molecule has 0 atom stereocenters. The van der Waals surface area contributed by atoms with Gasteiger partial charge in [-0.1, -0.05) is 263 Å². The molecule has 4 nitrogen and oxygen atoms in total. The van der Waals surface area contributed by atoms with Gasteiger partial charge < -0.3 is 19.6 Å². The third kappa shape index (κ3) is 12.1. The van der Waals surface area contributed by atoms with Gasteiger partial charge in [0.2, 0.25) is 0 Å². The van der Waals surface area contributed by atoms with Gasteiger partial charge in [-0.05, 0) is 209 Å². The third-order valence-corrected chi connectivity index (χ3v) is 20.0. The average Bonchev–Trinajstić information content (AvgIpc) is 0.701. The molecule has 0 unspecified atom stereocenters. The normalized spacial score (nSPS) is 11.4. The molecule has 0 saturated heterocycles. The van der Waals surface area contributed by atoms with Gasteiger partial charge in [-0.3, -0.25) is 0 Å². The molecule has 0 radical (unpaired) electrons. The summed E-state index contributed by atoms with van der Waals surface area (Å²) in [6.07, 6.45) is 0. The first-order valence-corrected chi connectivity index (χ1v) is 34.8. The largest absolute Gasteiger partial charge is 0.310 e. The highest BCUT2D eigenvalue weighted by atomic mass is 15.2. The van der Waals surface area contributed by atoms with Crippen molar-refractivity contribution < 1.29 is 0 Å². The Hall–Kier alpha value is -12.2. The zero-order valence-corrected chi connectivity index (χ0v) is 58.0. The molecule has 0 fully saturated rings. The van der Waals surface area contributed by atoms with E-state index in [4.69, 9.17) is 0 Å². The quantitative estimate of drug-likeness (QED) is 0.0894. The van der Waals surface area contributed by atoms with Gasteiger partial charge in [0.15, 0.2) is 0 Å². The van der Waals surface area contributed by atoms with Gasteiger partial charge in [0.25, 0.3) is 0 Å². The maximum Gasteiger partial charge on any atom is 0.0561 e. The van der Waals surface area contributed by atoms with Crippen molar-refractivity contribution in [2.75, 3.05) is 19.6 Å². The molecule has 482 valence electrons. The van der Waals surface area contributed by atoms with Gasteiger partial charge in [-0.25, -0.2) is 0 Å². The van der Waals surface area contributed by atoms with Gasteiger partial charge in [-0.15, -0.1) is 0 Å². The summed E-state index contributed by atoms with van der Waals surface area (Å²) in [4.78, 5) is 9.97. The molecule has 0 aliphatic rings. The van der Waals surface area contributed by atoms with E-state index in [0.717, 1.165) is 123 Å². The van der Waals surface area contributed by atoms with Crippen LogP contribution in [0.5, 0.6) is 0 Å². The topological polar surface area (TPSA) is 13.0 Å². The number of hydrogen-bond acceptors (Lipinski definition) is 4. The van der Waals surface area contributed by atoms with Gasteiger partial charge >= 0.3 is 0 Å². The molecule has 0 aliphatic carbocycles. The van der Waals surface area contributed by atoms with Crippen molar-refractivity contribution in [3.8, 4) is 44.5 Å². The van der Waals surface area contributed by atoms with Crippen molar-refractivity contribution in [2.24, 2.45) is 0 Å². The maximum absolute atomic E-state index is 2.49. The summed E-state index contributed by atoms with van der Waals surface area (Å²) in [5.41, 5.74) is 31.7. The lowest BCUT2D eigenvalue weighted by atomic mass is 9.89. The van der Waals surface area contributed by atoms with Crippen LogP contribution in [0.3, 0.4) is 0 Å². The summed E-state index contributed by atoms with van der Waals surface area (Å²) in [5, 5.41) is 6.80. The molecule has 0 N–H and O–H groups in total. The van der Waals surface area contributed by atoms with Gasteiger partial charge in [0.05, 0.1) is 22.7 Å². The van der Waals surface area contributed by atoms with Gasteiger partial charge in [-0.2, -0.15) is 0 Å². The summed E-state index contributed by atoms with van der Waals surface area (Å²) in [5.74, 6) is 0. The zero-order valence-electron chi connectivity index (χ0n) is 58.0. The molecule has 100 heavy (non-hydrogen) atoms. The number of aryl methyl sites for hydroxylation is 8. The highest BCUT2D eigenvalue weighted by Gasteiger charge is 2.30. The molecule has 0 amide bonds. The van der Waals surface area contributed by atoms with Gasteiger partial charge in [0.1, 0.15) is 0 Å². The second-order valence-electron chi connectivity index (χ2n) is 27.2. The second-order valence-corrected chi connectivity index (χ2v) is 27.2. The SMILES string of the molecule is Cc1ccc(-c2ccc(N(c3ccc(C)cc3)c3cc(N(c4ccc(C)cc4)c4ccc(-c5ccc(C)cc5)cc4)c4ccc5c(N(c6ccc(C)cc6)c6ccc(-c7ccc(C)cc7)cc6)cc(N(c6ccc(C)cc6)c6ccc(-c7ccc(C)cc7)cc6)c6ccc3c4c65)cc2)cc1. The highest BCUT2D eigenvalue weighted by Crippen LogP contribution is 2.55. The van der Waals surface area contributed by atoms with Crippen LogP contribution in [-0.2, 0) is 0 Å². The van der Waals surface area contributed by atoms with Crippen molar-refractivity contribution in [2.45, 2.75) is 55.4 Å². The Kier molecular flexibility index (Phi) is 16.5. The van der Waals surface area contributed by atoms with E-state index in [2.05, 4.69) is 403 Å². The van der Waals surface area contributed by atoms with E-state index < -0.39 is 0 Å². The molecule has 16 aromatic carbocycles. The number of benzene rings is 16. The standard InChI is InChI=1S/C96H78N4/c1-63-9-25-71(26-10-63)75-33-49-83(50-34-75)97(79-41-17-67(5)18-42-79)91-61-92(98(80-43-19-68(6)20-44-80)84-51-35-76(36-52-84)72-27-11-64(2)12-28-72)88-59-60-90-94(100(82-47-23-70(8)24-48-82)86-55-39-78(40-56-86)74-31-15-66(4)16-32-74)62-93(89-58-57-87(91)95(88)96(89)90)99(81-45-21-69(7)22-46-81)85-53-37-77(38-54-85)73-29-13-65(3)14-30-73/h9-62H,1-8H3. The van der Waals surface area contributed by atoms with Crippen LogP contribution in [0.25, 0.3) is 76.8 Å². The lowest BCUT2D eigenvalue weighted by molar-refractivity contribution is 1.26. The second kappa shape index (κ2) is 26.3. The van der Waals surface area contributed by atoms with E-state index in [-0.39, 0.29) is 0 Å². The van der Waals surface area contributed by atoms with Crippen molar-refractivity contribution in [3.63, 3.8) is 0 Å². The molecular formula is C96H78N4. The molecule has 4 heteroatoms. The number of anilines is 12. The van der Waals surface area contributed by atoms with Crippen LogP contribution in [0.1, 0.15) is 44.5 Å². The number of hydrogen-bond donors (Lipinski definition) is 0. The maximum atomic E-state index is 2.49. The Balaban J connectivity index is 1.04. The van der Waals surface area contributed by atoms with Crippen LogP contribution >= 0.6 is 0 Å². The van der Waals surface area contributed by atoms with Crippen molar-refractivity contribution in [1.29, 1.82) is 0 Å². The Labute approximate surface area is 588 Å². The van der Waals surface area contributed by atoms with Crippen LogP contribution in [0.15, 0.2) is 328 Å². The lowest BCUT2D eigenvalue weighted by Crippen LogP contribution is -2.16. The minimum Gasteiger partial charge on any atom is -0.310 e. The summed E-state index contributed by atoms with van der Waals surface area (Å²) >= 11 is 0. The summed E-state index contributed by atoms with van der Waals surface area (Å²) in [6, 6.07) is 123. The molecular weight excluding hydrogens is 1210 g/mol. The Morgan fingerprint density at radius 2 is 0.260 bits per heavy atom. The Morgan fingerprint density at radius 1 is 0.140 bits per heavy atom. The first-order valence-electron chi connectivity index (χ1n) is 34.8. The molecule has 0 saturated carbocycles. The first kappa shape index (κ1) is 62.6. The van der Waals surface area contributed by atoms with Crippen LogP contribution in [-0.4, -0.2) is 0 Å². The van der Waals surface area contributed by atoms with Crippen molar-refractivity contribution in [3.05, 3.63) is 372 Å². The van der Waals surface area contributed by atoms with Crippen LogP contribution in [0.4, 0.5) is 68.2 Å². The molecule has 0 bridgehead atoms. The Morgan fingerprint density at radius 3 is 0.410 bits per heavy atom. The van der Waals surface area contributed by atoms with E-state index in [1.165, 1.54) is 66.8 Å². The number of nitrogens with zero attached hydrogens (tertiary/aromatic N) is 4. The minimum absolute atomic E-state index is 1.05. The van der Waals surface area contributed by atoms with Crippen LogP contribution in [0.2, 0.25) is 0 Å². The molecule has 0 spiro atoms. The smallest absolute Gasteiger partial charge is 0.0561 e. The Bertz CT molecular complexity index is 4870. The van der Waals surface area contributed by atoms with E-state index >= 15 is 0 Å². The van der Waals surface area contributed by atoms with Crippen molar-refractivity contribution >= 4 is 101 Å².